The van der Waals surface area contributed by atoms with Gasteiger partial charge in [0.25, 0.3) is 0 Å². The molecule has 1 aliphatic rings. The molecule has 0 radical (unpaired) electrons. The lowest BCUT2D eigenvalue weighted by Crippen LogP contribution is -2.27. The van der Waals surface area contributed by atoms with Gasteiger partial charge in [-0.3, -0.25) is 0 Å². The summed E-state index contributed by atoms with van der Waals surface area (Å²) in [5.41, 5.74) is 1.82. The Morgan fingerprint density at radius 2 is 2.12 bits per heavy atom. The SMILES string of the molecule is COC(=O)C1=CC(c2ccc(Cl)cc2)NCC1. The minimum Gasteiger partial charge on any atom is -0.466 e. The molecule has 0 aromatic heterocycles. The summed E-state index contributed by atoms with van der Waals surface area (Å²) in [4.78, 5) is 11.5. The highest BCUT2D eigenvalue weighted by Gasteiger charge is 2.19. The molecule has 90 valence electrons. The smallest absolute Gasteiger partial charge is 0.333 e. The first kappa shape index (κ1) is 12.1. The van der Waals surface area contributed by atoms with E-state index in [0.29, 0.717) is 11.4 Å². The Bertz CT molecular complexity index is 439. The van der Waals surface area contributed by atoms with Crippen LogP contribution in [0.15, 0.2) is 35.9 Å². The summed E-state index contributed by atoms with van der Waals surface area (Å²) in [6.07, 6.45) is 2.62. The predicted octanol–water partition coefficient (Wildman–Crippen LogP) is 2.47. The maximum atomic E-state index is 11.5. The quantitative estimate of drug-likeness (QED) is 0.821. The summed E-state index contributed by atoms with van der Waals surface area (Å²) < 4.78 is 4.74. The van der Waals surface area contributed by atoms with Gasteiger partial charge in [0.2, 0.25) is 0 Å². The molecule has 0 fully saturated rings. The Morgan fingerprint density at radius 3 is 2.76 bits per heavy atom. The van der Waals surface area contributed by atoms with Gasteiger partial charge >= 0.3 is 5.97 Å². The molecular weight excluding hydrogens is 238 g/mol. The molecule has 3 nitrogen and oxygen atoms in total. The summed E-state index contributed by atoms with van der Waals surface area (Å²) >= 11 is 5.84. The van der Waals surface area contributed by atoms with Crippen LogP contribution in [-0.2, 0) is 9.53 Å². The largest absolute Gasteiger partial charge is 0.466 e. The first-order valence-electron chi connectivity index (χ1n) is 5.48. The highest BCUT2D eigenvalue weighted by atomic mass is 35.5. The second-order valence-corrected chi connectivity index (χ2v) is 4.35. The van der Waals surface area contributed by atoms with Crippen molar-refractivity contribution in [1.29, 1.82) is 0 Å². The number of ether oxygens (including phenoxy) is 1. The average Bonchev–Trinajstić information content (AvgIpc) is 2.39. The van der Waals surface area contributed by atoms with E-state index in [1.807, 2.05) is 30.3 Å². The molecule has 0 saturated carbocycles. The van der Waals surface area contributed by atoms with Crippen LogP contribution in [0.3, 0.4) is 0 Å². The van der Waals surface area contributed by atoms with Crippen LogP contribution in [0.2, 0.25) is 5.02 Å². The first-order chi connectivity index (χ1) is 8.20. The number of nitrogens with one attached hydrogen (secondary N) is 1. The number of carbonyl (C=O) groups is 1. The van der Waals surface area contributed by atoms with Gasteiger partial charge in [-0.1, -0.05) is 29.8 Å². The van der Waals surface area contributed by atoms with Gasteiger partial charge in [-0.25, -0.2) is 4.79 Å². The molecule has 1 N–H and O–H groups in total. The molecule has 17 heavy (non-hydrogen) atoms. The highest BCUT2D eigenvalue weighted by molar-refractivity contribution is 6.30. The molecule has 1 heterocycles. The molecule has 2 rings (SSSR count). The Hall–Kier alpha value is -1.32. The number of esters is 1. The zero-order chi connectivity index (χ0) is 12.3. The molecule has 0 spiro atoms. The summed E-state index contributed by atoms with van der Waals surface area (Å²) in [6, 6.07) is 7.65. The molecule has 0 aliphatic carbocycles. The van der Waals surface area contributed by atoms with Crippen LogP contribution in [0.4, 0.5) is 0 Å². The van der Waals surface area contributed by atoms with E-state index in [-0.39, 0.29) is 12.0 Å². The van der Waals surface area contributed by atoms with Crippen molar-refractivity contribution in [2.75, 3.05) is 13.7 Å². The van der Waals surface area contributed by atoms with Crippen LogP contribution in [0.25, 0.3) is 0 Å². The van der Waals surface area contributed by atoms with E-state index in [4.69, 9.17) is 16.3 Å². The van der Waals surface area contributed by atoms with Crippen molar-refractivity contribution in [3.8, 4) is 0 Å². The summed E-state index contributed by atoms with van der Waals surface area (Å²) in [5, 5.41) is 4.05. The van der Waals surface area contributed by atoms with E-state index in [1.165, 1.54) is 7.11 Å². The molecule has 1 aliphatic heterocycles. The van der Waals surface area contributed by atoms with Gasteiger partial charge in [0, 0.05) is 17.1 Å². The fourth-order valence-corrected chi connectivity index (χ4v) is 2.02. The zero-order valence-corrected chi connectivity index (χ0v) is 10.3. The van der Waals surface area contributed by atoms with Gasteiger partial charge in [-0.2, -0.15) is 0 Å². The third-order valence-corrected chi connectivity index (χ3v) is 3.06. The van der Waals surface area contributed by atoms with Crippen LogP contribution in [-0.4, -0.2) is 19.6 Å². The van der Waals surface area contributed by atoms with E-state index in [1.54, 1.807) is 0 Å². The van der Waals surface area contributed by atoms with Crippen molar-refractivity contribution < 1.29 is 9.53 Å². The van der Waals surface area contributed by atoms with Crippen molar-refractivity contribution in [3.63, 3.8) is 0 Å². The van der Waals surface area contributed by atoms with Gasteiger partial charge in [0.05, 0.1) is 13.2 Å². The molecule has 1 atom stereocenters. The minimum atomic E-state index is -0.245. The Labute approximate surface area is 105 Å². The van der Waals surface area contributed by atoms with Crippen LogP contribution >= 0.6 is 11.6 Å². The summed E-state index contributed by atoms with van der Waals surface area (Å²) in [5.74, 6) is -0.245. The Kier molecular flexibility index (Phi) is 3.82. The molecule has 4 heteroatoms. The third-order valence-electron chi connectivity index (χ3n) is 2.80. The van der Waals surface area contributed by atoms with Crippen LogP contribution in [0, 0.1) is 0 Å². The fraction of sp³-hybridized carbons (Fsp3) is 0.308. The Balaban J connectivity index is 2.21. The van der Waals surface area contributed by atoms with E-state index in [2.05, 4.69) is 5.32 Å². The fourth-order valence-electron chi connectivity index (χ4n) is 1.89. The first-order valence-corrected chi connectivity index (χ1v) is 5.86. The molecular formula is C13H14ClNO2. The number of methoxy groups -OCH3 is 1. The van der Waals surface area contributed by atoms with Gasteiger partial charge in [0.1, 0.15) is 0 Å². The van der Waals surface area contributed by atoms with Crippen molar-refractivity contribution in [2.24, 2.45) is 0 Å². The monoisotopic (exact) mass is 251 g/mol. The maximum absolute atomic E-state index is 11.5. The van der Waals surface area contributed by atoms with E-state index in [0.717, 1.165) is 17.7 Å². The molecule has 1 aromatic carbocycles. The average molecular weight is 252 g/mol. The second kappa shape index (κ2) is 5.34. The number of rotatable bonds is 2. The lowest BCUT2D eigenvalue weighted by Gasteiger charge is -2.22. The molecule has 1 aromatic rings. The second-order valence-electron chi connectivity index (χ2n) is 3.92. The molecule has 0 amide bonds. The van der Waals surface area contributed by atoms with Crippen molar-refractivity contribution >= 4 is 17.6 Å². The van der Waals surface area contributed by atoms with E-state index < -0.39 is 0 Å². The van der Waals surface area contributed by atoms with Gasteiger partial charge in [-0.05, 0) is 24.1 Å². The van der Waals surface area contributed by atoms with Crippen LogP contribution in [0.5, 0.6) is 0 Å². The standard InChI is InChI=1S/C13H14ClNO2/c1-17-13(16)10-6-7-15-12(8-10)9-2-4-11(14)5-3-9/h2-5,8,12,15H,6-7H2,1H3. The summed E-state index contributed by atoms with van der Waals surface area (Å²) in [6.45, 7) is 0.772. The number of halogens is 1. The van der Waals surface area contributed by atoms with Gasteiger partial charge in [-0.15, -0.1) is 0 Å². The summed E-state index contributed by atoms with van der Waals surface area (Å²) in [7, 11) is 1.41. The van der Waals surface area contributed by atoms with E-state index >= 15 is 0 Å². The maximum Gasteiger partial charge on any atom is 0.333 e. The third kappa shape index (κ3) is 2.87. The highest BCUT2D eigenvalue weighted by Crippen LogP contribution is 2.23. The van der Waals surface area contributed by atoms with Crippen molar-refractivity contribution in [3.05, 3.63) is 46.5 Å². The molecule has 0 bridgehead atoms. The predicted molar refractivity (Wildman–Crippen MR) is 66.9 cm³/mol. The molecule has 0 saturated heterocycles. The number of hydrogen-bond acceptors (Lipinski definition) is 3. The van der Waals surface area contributed by atoms with Crippen LogP contribution in [0.1, 0.15) is 18.0 Å². The lowest BCUT2D eigenvalue weighted by atomic mass is 9.99. The van der Waals surface area contributed by atoms with Crippen molar-refractivity contribution in [1.82, 2.24) is 5.32 Å². The molecule has 1 unspecified atom stereocenters. The lowest BCUT2D eigenvalue weighted by molar-refractivity contribution is -0.136. The zero-order valence-electron chi connectivity index (χ0n) is 9.57. The Morgan fingerprint density at radius 1 is 1.41 bits per heavy atom. The minimum absolute atomic E-state index is 0.0510. The number of carbonyl (C=O) groups excluding carboxylic acids is 1. The van der Waals surface area contributed by atoms with Gasteiger partial charge in [0.15, 0.2) is 0 Å². The van der Waals surface area contributed by atoms with Crippen LogP contribution < -0.4 is 5.32 Å². The van der Waals surface area contributed by atoms with Gasteiger partial charge < -0.3 is 10.1 Å². The van der Waals surface area contributed by atoms with E-state index in [9.17, 15) is 4.79 Å². The normalized spacial score (nSPS) is 19.6. The topological polar surface area (TPSA) is 38.3 Å². The number of hydrogen-bond donors (Lipinski definition) is 1. The van der Waals surface area contributed by atoms with Crippen molar-refractivity contribution in [2.45, 2.75) is 12.5 Å². The number of benzene rings is 1.